The number of carbonyl (C=O) groups excluding carboxylic acids is 1. The topological polar surface area (TPSA) is 55.1 Å². The molecule has 2 rings (SSSR count). The molecule has 1 aromatic heterocycles. The number of nitrogens with zero attached hydrogens (tertiary/aromatic N) is 1. The molecule has 0 fully saturated rings. The summed E-state index contributed by atoms with van der Waals surface area (Å²) >= 11 is 0. The molecule has 0 aliphatic rings. The van der Waals surface area contributed by atoms with Crippen LogP contribution in [0.5, 0.6) is 0 Å². The molecule has 1 amide bonds. The van der Waals surface area contributed by atoms with E-state index >= 15 is 0 Å². The zero-order chi connectivity index (χ0) is 16.3. The number of aromatic nitrogens is 1. The van der Waals surface area contributed by atoms with Gasteiger partial charge < -0.3 is 9.84 Å². The predicted octanol–water partition coefficient (Wildman–Crippen LogP) is 3.17. The molecule has 1 N–H and O–H groups in total. The lowest BCUT2D eigenvalue weighted by molar-refractivity contribution is -0.137. The Bertz CT molecular complexity index is 641. The Kier molecular flexibility index (Phi) is 4.54. The molecule has 1 heterocycles. The SMILES string of the molecule is Cc1noc(C)c1CC(=O)NCc1ccc(C(F)(F)F)cc1. The first kappa shape index (κ1) is 16.1. The van der Waals surface area contributed by atoms with Crippen molar-refractivity contribution in [3.05, 3.63) is 52.4 Å². The summed E-state index contributed by atoms with van der Waals surface area (Å²) in [4.78, 5) is 11.9. The van der Waals surface area contributed by atoms with Crippen LogP contribution in [0.3, 0.4) is 0 Å². The van der Waals surface area contributed by atoms with Crippen LogP contribution >= 0.6 is 0 Å². The second-order valence-corrected chi connectivity index (χ2v) is 4.95. The first-order valence-corrected chi connectivity index (χ1v) is 6.62. The summed E-state index contributed by atoms with van der Waals surface area (Å²) < 4.78 is 42.3. The molecule has 0 radical (unpaired) electrons. The Morgan fingerprint density at radius 3 is 2.36 bits per heavy atom. The molecule has 0 aliphatic heterocycles. The van der Waals surface area contributed by atoms with Crippen molar-refractivity contribution in [1.29, 1.82) is 0 Å². The van der Waals surface area contributed by atoms with E-state index in [1.54, 1.807) is 13.8 Å². The number of aryl methyl sites for hydroxylation is 2. The highest BCUT2D eigenvalue weighted by atomic mass is 19.4. The number of amides is 1. The minimum Gasteiger partial charge on any atom is -0.361 e. The number of halogens is 3. The normalized spacial score (nSPS) is 11.5. The first-order chi connectivity index (χ1) is 10.3. The zero-order valence-electron chi connectivity index (χ0n) is 12.1. The molecule has 0 saturated carbocycles. The van der Waals surface area contributed by atoms with E-state index in [0.717, 1.165) is 17.7 Å². The number of hydrogen-bond acceptors (Lipinski definition) is 3. The van der Waals surface area contributed by atoms with Gasteiger partial charge in [-0.1, -0.05) is 17.3 Å². The van der Waals surface area contributed by atoms with Gasteiger partial charge in [-0.25, -0.2) is 0 Å². The van der Waals surface area contributed by atoms with Crippen LogP contribution < -0.4 is 5.32 Å². The second kappa shape index (κ2) is 6.21. The molecule has 2 aromatic rings. The van der Waals surface area contributed by atoms with Gasteiger partial charge in [0.1, 0.15) is 5.76 Å². The smallest absolute Gasteiger partial charge is 0.361 e. The third-order valence-corrected chi connectivity index (χ3v) is 3.29. The van der Waals surface area contributed by atoms with Crippen molar-refractivity contribution in [3.63, 3.8) is 0 Å². The van der Waals surface area contributed by atoms with Crippen LogP contribution in [-0.4, -0.2) is 11.1 Å². The lowest BCUT2D eigenvalue weighted by Gasteiger charge is -2.08. The van der Waals surface area contributed by atoms with Crippen LogP contribution in [0.4, 0.5) is 13.2 Å². The molecule has 0 atom stereocenters. The van der Waals surface area contributed by atoms with E-state index in [-0.39, 0.29) is 18.9 Å². The Morgan fingerprint density at radius 2 is 1.86 bits per heavy atom. The number of rotatable bonds is 4. The van der Waals surface area contributed by atoms with E-state index < -0.39 is 11.7 Å². The standard InChI is InChI=1S/C15H15F3N2O2/c1-9-13(10(2)22-20-9)7-14(21)19-8-11-3-5-12(6-4-11)15(16,17)18/h3-6H,7-8H2,1-2H3,(H,19,21). The van der Waals surface area contributed by atoms with Crippen molar-refractivity contribution in [2.45, 2.75) is 33.0 Å². The van der Waals surface area contributed by atoms with Crippen molar-refractivity contribution in [3.8, 4) is 0 Å². The van der Waals surface area contributed by atoms with Crippen LogP contribution in [0.2, 0.25) is 0 Å². The highest BCUT2D eigenvalue weighted by Crippen LogP contribution is 2.29. The minimum atomic E-state index is -4.36. The fourth-order valence-electron chi connectivity index (χ4n) is 1.99. The van der Waals surface area contributed by atoms with Crippen molar-refractivity contribution < 1.29 is 22.5 Å². The highest BCUT2D eigenvalue weighted by molar-refractivity contribution is 5.78. The van der Waals surface area contributed by atoms with E-state index in [1.807, 2.05) is 0 Å². The summed E-state index contributed by atoms with van der Waals surface area (Å²) in [5, 5.41) is 6.42. The fraction of sp³-hybridized carbons (Fsp3) is 0.333. The molecule has 0 unspecified atom stereocenters. The third kappa shape index (κ3) is 3.87. The Morgan fingerprint density at radius 1 is 1.23 bits per heavy atom. The Labute approximate surface area is 125 Å². The predicted molar refractivity (Wildman–Crippen MR) is 73.0 cm³/mol. The molecule has 7 heteroatoms. The van der Waals surface area contributed by atoms with Crippen LogP contribution in [0.15, 0.2) is 28.8 Å². The van der Waals surface area contributed by atoms with Crippen LogP contribution in [0.25, 0.3) is 0 Å². The van der Waals surface area contributed by atoms with Gasteiger partial charge in [-0.2, -0.15) is 13.2 Å². The quantitative estimate of drug-likeness (QED) is 0.943. The maximum Gasteiger partial charge on any atom is 0.416 e. The van der Waals surface area contributed by atoms with Gasteiger partial charge in [0.05, 0.1) is 17.7 Å². The molecule has 22 heavy (non-hydrogen) atoms. The van der Waals surface area contributed by atoms with E-state index in [9.17, 15) is 18.0 Å². The van der Waals surface area contributed by atoms with E-state index in [1.165, 1.54) is 12.1 Å². The lowest BCUT2D eigenvalue weighted by Crippen LogP contribution is -2.25. The largest absolute Gasteiger partial charge is 0.416 e. The number of benzene rings is 1. The average Bonchev–Trinajstić information content (AvgIpc) is 2.76. The zero-order valence-corrected chi connectivity index (χ0v) is 12.1. The van der Waals surface area contributed by atoms with Crippen molar-refractivity contribution >= 4 is 5.91 Å². The number of alkyl halides is 3. The van der Waals surface area contributed by atoms with Gasteiger partial charge in [-0.05, 0) is 31.5 Å². The van der Waals surface area contributed by atoms with Crippen molar-refractivity contribution in [1.82, 2.24) is 10.5 Å². The lowest BCUT2D eigenvalue weighted by atomic mass is 10.1. The van der Waals surface area contributed by atoms with E-state index in [4.69, 9.17) is 4.52 Å². The molecular formula is C15H15F3N2O2. The molecule has 0 saturated heterocycles. The van der Waals surface area contributed by atoms with Gasteiger partial charge in [-0.15, -0.1) is 0 Å². The molecule has 4 nitrogen and oxygen atoms in total. The van der Waals surface area contributed by atoms with Gasteiger partial charge in [0, 0.05) is 12.1 Å². The maximum atomic E-state index is 12.4. The van der Waals surface area contributed by atoms with Crippen molar-refractivity contribution in [2.24, 2.45) is 0 Å². The van der Waals surface area contributed by atoms with Crippen LogP contribution in [0, 0.1) is 13.8 Å². The molecule has 0 bridgehead atoms. The highest BCUT2D eigenvalue weighted by Gasteiger charge is 2.29. The number of hydrogen-bond donors (Lipinski definition) is 1. The van der Waals surface area contributed by atoms with E-state index in [2.05, 4.69) is 10.5 Å². The molecule has 1 aromatic carbocycles. The summed E-state index contributed by atoms with van der Waals surface area (Å²) in [7, 11) is 0. The number of nitrogens with one attached hydrogen (secondary N) is 1. The Hall–Kier alpha value is -2.31. The minimum absolute atomic E-state index is 0.127. The van der Waals surface area contributed by atoms with Crippen LogP contribution in [0.1, 0.15) is 28.1 Å². The fourth-order valence-corrected chi connectivity index (χ4v) is 1.99. The summed E-state index contributed by atoms with van der Waals surface area (Å²) in [5.41, 5.74) is 1.27. The summed E-state index contributed by atoms with van der Waals surface area (Å²) in [6.45, 7) is 3.63. The monoisotopic (exact) mass is 312 g/mol. The second-order valence-electron chi connectivity index (χ2n) is 4.95. The maximum absolute atomic E-state index is 12.4. The van der Waals surface area contributed by atoms with Gasteiger partial charge in [0.15, 0.2) is 0 Å². The van der Waals surface area contributed by atoms with Gasteiger partial charge in [0.2, 0.25) is 5.91 Å². The first-order valence-electron chi connectivity index (χ1n) is 6.62. The summed E-state index contributed by atoms with van der Waals surface area (Å²) in [6, 6.07) is 4.68. The van der Waals surface area contributed by atoms with Gasteiger partial charge in [0.25, 0.3) is 0 Å². The van der Waals surface area contributed by atoms with Gasteiger partial charge >= 0.3 is 6.18 Å². The molecule has 0 spiro atoms. The van der Waals surface area contributed by atoms with Crippen molar-refractivity contribution in [2.75, 3.05) is 0 Å². The summed E-state index contributed by atoms with van der Waals surface area (Å²) in [6.07, 6.45) is -4.23. The molecule has 118 valence electrons. The third-order valence-electron chi connectivity index (χ3n) is 3.29. The molecule has 0 aliphatic carbocycles. The number of carbonyl (C=O) groups is 1. The van der Waals surface area contributed by atoms with E-state index in [0.29, 0.717) is 17.0 Å². The average molecular weight is 312 g/mol. The van der Waals surface area contributed by atoms with Gasteiger partial charge in [-0.3, -0.25) is 4.79 Å². The van der Waals surface area contributed by atoms with Crippen LogP contribution in [-0.2, 0) is 23.9 Å². The summed E-state index contributed by atoms with van der Waals surface area (Å²) in [5.74, 6) is 0.344. The Balaban J connectivity index is 1.91. The molecular weight excluding hydrogens is 297 g/mol.